The number of esters is 1. The third-order valence-corrected chi connectivity index (χ3v) is 3.07. The Bertz CT molecular complexity index is 677. The fourth-order valence-corrected chi connectivity index (χ4v) is 1.95. The van der Waals surface area contributed by atoms with Crippen molar-refractivity contribution in [3.8, 4) is 0 Å². The minimum absolute atomic E-state index is 0.272. The first-order valence-electron chi connectivity index (χ1n) is 6.57. The molecule has 0 fully saturated rings. The van der Waals surface area contributed by atoms with Crippen LogP contribution in [-0.2, 0) is 18.2 Å². The number of nitrogens with zero attached hydrogens (tertiary/aromatic N) is 2. The van der Waals surface area contributed by atoms with Crippen molar-refractivity contribution in [2.45, 2.75) is 13.3 Å². The highest BCUT2D eigenvalue weighted by molar-refractivity contribution is 6.03. The van der Waals surface area contributed by atoms with Gasteiger partial charge in [0.1, 0.15) is 5.69 Å². The van der Waals surface area contributed by atoms with Gasteiger partial charge in [0.2, 0.25) is 0 Å². The Hall–Kier alpha value is -2.63. The molecule has 0 saturated carbocycles. The van der Waals surface area contributed by atoms with Gasteiger partial charge in [-0.25, -0.2) is 4.79 Å². The summed E-state index contributed by atoms with van der Waals surface area (Å²) in [6.07, 6.45) is 0.763. The SMILES string of the molecule is CCc1cc(C(=O)Nc2cccc(C(=O)OC)c2)n(C)n1. The monoisotopic (exact) mass is 287 g/mol. The van der Waals surface area contributed by atoms with Crippen molar-refractivity contribution in [1.29, 1.82) is 0 Å². The fraction of sp³-hybridized carbons (Fsp3) is 0.267. The van der Waals surface area contributed by atoms with Crippen molar-refractivity contribution in [3.63, 3.8) is 0 Å². The van der Waals surface area contributed by atoms with Crippen LogP contribution in [0, 0.1) is 0 Å². The molecule has 0 unspecified atom stereocenters. The molecule has 21 heavy (non-hydrogen) atoms. The quantitative estimate of drug-likeness (QED) is 0.873. The number of ether oxygens (including phenoxy) is 1. The van der Waals surface area contributed by atoms with Gasteiger partial charge in [0.15, 0.2) is 0 Å². The molecule has 1 aromatic carbocycles. The second-order valence-electron chi connectivity index (χ2n) is 4.52. The molecule has 0 saturated heterocycles. The Kier molecular flexibility index (Phi) is 4.37. The van der Waals surface area contributed by atoms with Crippen molar-refractivity contribution in [2.75, 3.05) is 12.4 Å². The number of amides is 1. The van der Waals surface area contributed by atoms with Crippen molar-refractivity contribution >= 4 is 17.6 Å². The molecule has 2 rings (SSSR count). The molecule has 0 aliphatic heterocycles. The summed E-state index contributed by atoms with van der Waals surface area (Å²) in [6, 6.07) is 8.34. The highest BCUT2D eigenvalue weighted by Gasteiger charge is 2.13. The minimum Gasteiger partial charge on any atom is -0.465 e. The molecule has 0 radical (unpaired) electrons. The van der Waals surface area contributed by atoms with Crippen LogP contribution < -0.4 is 5.32 Å². The number of anilines is 1. The molecule has 0 spiro atoms. The zero-order valence-corrected chi connectivity index (χ0v) is 12.2. The van der Waals surface area contributed by atoms with E-state index in [1.807, 2.05) is 6.92 Å². The molecule has 6 heteroatoms. The first-order chi connectivity index (χ1) is 10.0. The highest BCUT2D eigenvalue weighted by Crippen LogP contribution is 2.13. The minimum atomic E-state index is -0.445. The van der Waals surface area contributed by atoms with E-state index in [0.717, 1.165) is 12.1 Å². The van der Waals surface area contributed by atoms with E-state index in [1.54, 1.807) is 42.1 Å². The maximum Gasteiger partial charge on any atom is 0.337 e. The Morgan fingerprint density at radius 3 is 2.71 bits per heavy atom. The standard InChI is InChI=1S/C15H17N3O3/c1-4-11-9-13(18(2)17-11)14(19)16-12-7-5-6-10(8-12)15(20)21-3/h5-9H,4H2,1-3H3,(H,16,19). The normalized spacial score (nSPS) is 10.2. The second kappa shape index (κ2) is 6.21. The number of methoxy groups -OCH3 is 1. The van der Waals surface area contributed by atoms with E-state index < -0.39 is 5.97 Å². The van der Waals surface area contributed by atoms with Gasteiger partial charge in [-0.1, -0.05) is 13.0 Å². The number of carbonyl (C=O) groups excluding carboxylic acids is 2. The lowest BCUT2D eigenvalue weighted by molar-refractivity contribution is 0.0600. The van der Waals surface area contributed by atoms with Crippen LogP contribution in [0.1, 0.15) is 33.5 Å². The number of hydrogen-bond acceptors (Lipinski definition) is 4. The largest absolute Gasteiger partial charge is 0.465 e. The van der Waals surface area contributed by atoms with Crippen LogP contribution in [0.5, 0.6) is 0 Å². The summed E-state index contributed by atoms with van der Waals surface area (Å²) < 4.78 is 6.19. The summed E-state index contributed by atoms with van der Waals surface area (Å²) in [7, 11) is 3.04. The number of aromatic nitrogens is 2. The molecule has 2 aromatic rings. The Morgan fingerprint density at radius 1 is 1.33 bits per heavy atom. The lowest BCUT2D eigenvalue weighted by Gasteiger charge is -2.06. The summed E-state index contributed by atoms with van der Waals surface area (Å²) in [5.41, 5.74) is 2.23. The maximum atomic E-state index is 12.2. The molecule has 1 aromatic heterocycles. The second-order valence-corrected chi connectivity index (χ2v) is 4.52. The third-order valence-electron chi connectivity index (χ3n) is 3.07. The van der Waals surface area contributed by atoms with E-state index in [4.69, 9.17) is 0 Å². The molecule has 1 N–H and O–H groups in total. The van der Waals surface area contributed by atoms with Crippen molar-refractivity contribution in [2.24, 2.45) is 7.05 Å². The zero-order chi connectivity index (χ0) is 15.4. The van der Waals surface area contributed by atoms with Gasteiger partial charge < -0.3 is 10.1 Å². The van der Waals surface area contributed by atoms with Gasteiger partial charge in [-0.15, -0.1) is 0 Å². The molecular formula is C15H17N3O3. The first-order valence-corrected chi connectivity index (χ1v) is 6.57. The number of hydrogen-bond donors (Lipinski definition) is 1. The van der Waals surface area contributed by atoms with Crippen LogP contribution in [0.4, 0.5) is 5.69 Å². The predicted octanol–water partition coefficient (Wildman–Crippen LogP) is 2.02. The van der Waals surface area contributed by atoms with Gasteiger partial charge in [0, 0.05) is 12.7 Å². The van der Waals surface area contributed by atoms with Crippen LogP contribution in [0.15, 0.2) is 30.3 Å². The molecule has 0 atom stereocenters. The van der Waals surface area contributed by atoms with E-state index >= 15 is 0 Å². The topological polar surface area (TPSA) is 73.2 Å². The van der Waals surface area contributed by atoms with Crippen LogP contribution in [0.25, 0.3) is 0 Å². The Balaban J connectivity index is 2.19. The first kappa shape index (κ1) is 14.8. The number of nitrogens with one attached hydrogen (secondary N) is 1. The maximum absolute atomic E-state index is 12.2. The van der Waals surface area contributed by atoms with Crippen molar-refractivity contribution in [1.82, 2.24) is 9.78 Å². The van der Waals surface area contributed by atoms with Gasteiger partial charge in [-0.3, -0.25) is 9.48 Å². The Morgan fingerprint density at radius 2 is 2.10 bits per heavy atom. The van der Waals surface area contributed by atoms with E-state index in [1.165, 1.54) is 7.11 Å². The average Bonchev–Trinajstić information content (AvgIpc) is 2.88. The van der Waals surface area contributed by atoms with Crippen molar-refractivity contribution < 1.29 is 14.3 Å². The summed E-state index contributed by atoms with van der Waals surface area (Å²) in [5.74, 6) is -0.716. The number of rotatable bonds is 4. The predicted molar refractivity (Wildman–Crippen MR) is 78.3 cm³/mol. The summed E-state index contributed by atoms with van der Waals surface area (Å²) in [5, 5.41) is 6.98. The summed E-state index contributed by atoms with van der Waals surface area (Å²) >= 11 is 0. The molecular weight excluding hydrogens is 270 g/mol. The molecule has 1 amide bonds. The number of carbonyl (C=O) groups is 2. The van der Waals surface area contributed by atoms with E-state index in [0.29, 0.717) is 16.9 Å². The molecule has 1 heterocycles. The highest BCUT2D eigenvalue weighted by atomic mass is 16.5. The molecule has 0 aliphatic carbocycles. The number of aryl methyl sites for hydroxylation is 2. The number of benzene rings is 1. The molecule has 0 aliphatic rings. The van der Waals surface area contributed by atoms with Gasteiger partial charge in [0.25, 0.3) is 5.91 Å². The molecule has 110 valence electrons. The average molecular weight is 287 g/mol. The van der Waals surface area contributed by atoms with E-state index in [9.17, 15) is 9.59 Å². The van der Waals surface area contributed by atoms with Crippen LogP contribution in [0.2, 0.25) is 0 Å². The van der Waals surface area contributed by atoms with Crippen molar-refractivity contribution in [3.05, 3.63) is 47.3 Å². The van der Waals surface area contributed by atoms with Crippen LogP contribution in [-0.4, -0.2) is 28.8 Å². The van der Waals surface area contributed by atoms with Gasteiger partial charge >= 0.3 is 5.97 Å². The van der Waals surface area contributed by atoms with Gasteiger partial charge in [0.05, 0.1) is 18.4 Å². The smallest absolute Gasteiger partial charge is 0.337 e. The Labute approximate surface area is 122 Å². The summed E-state index contributed by atoms with van der Waals surface area (Å²) in [6.45, 7) is 1.98. The lowest BCUT2D eigenvalue weighted by atomic mass is 10.2. The van der Waals surface area contributed by atoms with Gasteiger partial charge in [-0.05, 0) is 30.7 Å². The van der Waals surface area contributed by atoms with Crippen LogP contribution >= 0.6 is 0 Å². The van der Waals surface area contributed by atoms with E-state index in [2.05, 4.69) is 15.2 Å². The zero-order valence-electron chi connectivity index (χ0n) is 12.2. The summed E-state index contributed by atoms with van der Waals surface area (Å²) in [4.78, 5) is 23.7. The third kappa shape index (κ3) is 3.28. The molecule has 6 nitrogen and oxygen atoms in total. The van der Waals surface area contributed by atoms with Gasteiger partial charge in [-0.2, -0.15) is 5.10 Å². The van der Waals surface area contributed by atoms with Crippen LogP contribution in [0.3, 0.4) is 0 Å². The lowest BCUT2D eigenvalue weighted by Crippen LogP contribution is -2.16. The van der Waals surface area contributed by atoms with E-state index in [-0.39, 0.29) is 5.91 Å². The fourth-order valence-electron chi connectivity index (χ4n) is 1.95. The molecule has 0 bridgehead atoms.